The number of rotatable bonds is 6. The number of nitrogens with one attached hydrogen (secondary N) is 1. The highest BCUT2D eigenvalue weighted by Crippen LogP contribution is 2.31. The van der Waals surface area contributed by atoms with Gasteiger partial charge in [-0.05, 0) is 25.8 Å². The summed E-state index contributed by atoms with van der Waals surface area (Å²) in [5.74, 6) is 0.927. The molecule has 0 aromatic heterocycles. The monoisotopic (exact) mass is 173 g/mol. The van der Waals surface area contributed by atoms with Crippen LogP contribution in [0.5, 0.6) is 0 Å². The Morgan fingerprint density at radius 1 is 1.50 bits per heavy atom. The predicted octanol–water partition coefficient (Wildman–Crippen LogP) is 0.119. The van der Waals surface area contributed by atoms with Crippen LogP contribution in [0.15, 0.2) is 0 Å². The molecule has 3 nitrogen and oxygen atoms in total. The summed E-state index contributed by atoms with van der Waals surface area (Å²) in [6, 6.07) is 0. The average molecular weight is 173 g/mol. The van der Waals surface area contributed by atoms with Crippen molar-refractivity contribution in [1.82, 2.24) is 5.32 Å². The van der Waals surface area contributed by atoms with Crippen molar-refractivity contribution in [2.45, 2.75) is 31.8 Å². The van der Waals surface area contributed by atoms with Gasteiger partial charge in [0.25, 0.3) is 0 Å². The molecule has 1 unspecified atom stereocenters. The SMILES string of the molecule is CC(O)(CO)CNCCC1CC1. The van der Waals surface area contributed by atoms with Gasteiger partial charge in [-0.15, -0.1) is 0 Å². The minimum atomic E-state index is -0.955. The van der Waals surface area contributed by atoms with E-state index in [-0.39, 0.29) is 6.61 Å². The van der Waals surface area contributed by atoms with Crippen molar-refractivity contribution < 1.29 is 10.2 Å². The summed E-state index contributed by atoms with van der Waals surface area (Å²) in [6.07, 6.45) is 3.96. The Morgan fingerprint density at radius 3 is 2.67 bits per heavy atom. The topological polar surface area (TPSA) is 52.5 Å². The molecule has 3 N–H and O–H groups in total. The van der Waals surface area contributed by atoms with E-state index in [9.17, 15) is 5.11 Å². The standard InChI is InChI=1S/C9H19NO2/c1-9(12,7-11)6-10-5-4-8-2-3-8/h8,10-12H,2-7H2,1H3. The van der Waals surface area contributed by atoms with Crippen LogP contribution in [0.2, 0.25) is 0 Å². The Hall–Kier alpha value is -0.120. The Balaban J connectivity index is 1.92. The molecule has 1 atom stereocenters. The molecule has 0 aliphatic heterocycles. The first kappa shape index (κ1) is 9.96. The molecule has 0 heterocycles. The summed E-state index contributed by atoms with van der Waals surface area (Å²) >= 11 is 0. The summed E-state index contributed by atoms with van der Waals surface area (Å²) in [5.41, 5.74) is -0.955. The largest absolute Gasteiger partial charge is 0.393 e. The first-order valence-corrected chi connectivity index (χ1v) is 4.68. The van der Waals surface area contributed by atoms with Gasteiger partial charge in [-0.3, -0.25) is 0 Å². The quantitative estimate of drug-likeness (QED) is 0.500. The van der Waals surface area contributed by atoms with Crippen molar-refractivity contribution in [3.8, 4) is 0 Å². The summed E-state index contributed by atoms with van der Waals surface area (Å²) in [5, 5.41) is 21.3. The third kappa shape index (κ3) is 4.04. The van der Waals surface area contributed by atoms with Crippen LogP contribution in [0.25, 0.3) is 0 Å². The number of hydrogen-bond donors (Lipinski definition) is 3. The molecule has 12 heavy (non-hydrogen) atoms. The smallest absolute Gasteiger partial charge is 0.0972 e. The second-order valence-electron chi connectivity index (χ2n) is 4.06. The summed E-state index contributed by atoms with van der Waals surface area (Å²) in [6.45, 7) is 2.90. The van der Waals surface area contributed by atoms with Crippen molar-refractivity contribution in [1.29, 1.82) is 0 Å². The predicted molar refractivity (Wildman–Crippen MR) is 47.9 cm³/mol. The second-order valence-corrected chi connectivity index (χ2v) is 4.06. The minimum absolute atomic E-state index is 0.177. The fourth-order valence-corrected chi connectivity index (χ4v) is 1.13. The maximum absolute atomic E-state index is 9.39. The molecule has 0 bridgehead atoms. The lowest BCUT2D eigenvalue weighted by molar-refractivity contribution is 0.00283. The Labute approximate surface area is 73.8 Å². The fourth-order valence-electron chi connectivity index (χ4n) is 1.13. The van der Waals surface area contributed by atoms with Crippen LogP contribution in [-0.4, -0.2) is 35.5 Å². The van der Waals surface area contributed by atoms with Crippen LogP contribution in [-0.2, 0) is 0 Å². The summed E-state index contributed by atoms with van der Waals surface area (Å²) in [7, 11) is 0. The van der Waals surface area contributed by atoms with Gasteiger partial charge in [-0.1, -0.05) is 12.8 Å². The zero-order chi connectivity index (χ0) is 9.03. The average Bonchev–Trinajstić information content (AvgIpc) is 2.82. The lowest BCUT2D eigenvalue weighted by Crippen LogP contribution is -2.41. The summed E-state index contributed by atoms with van der Waals surface area (Å²) in [4.78, 5) is 0. The highest BCUT2D eigenvalue weighted by molar-refractivity contribution is 4.77. The first-order valence-electron chi connectivity index (χ1n) is 4.68. The van der Waals surface area contributed by atoms with E-state index in [1.807, 2.05) is 0 Å². The Morgan fingerprint density at radius 2 is 2.17 bits per heavy atom. The van der Waals surface area contributed by atoms with E-state index in [0.29, 0.717) is 6.54 Å². The molecule has 1 rings (SSSR count). The maximum Gasteiger partial charge on any atom is 0.0972 e. The highest BCUT2D eigenvalue weighted by Gasteiger charge is 2.21. The van der Waals surface area contributed by atoms with E-state index in [2.05, 4.69) is 5.32 Å². The molecular formula is C9H19NO2. The number of aliphatic hydroxyl groups excluding tert-OH is 1. The van der Waals surface area contributed by atoms with Crippen LogP contribution in [0.3, 0.4) is 0 Å². The van der Waals surface area contributed by atoms with Gasteiger partial charge in [-0.25, -0.2) is 0 Å². The second kappa shape index (κ2) is 4.21. The normalized spacial score (nSPS) is 22.2. The van der Waals surface area contributed by atoms with Crippen molar-refractivity contribution in [3.63, 3.8) is 0 Å². The molecule has 0 amide bonds. The molecule has 3 heteroatoms. The van der Waals surface area contributed by atoms with Crippen molar-refractivity contribution in [2.75, 3.05) is 19.7 Å². The van der Waals surface area contributed by atoms with Crippen LogP contribution in [0, 0.1) is 5.92 Å². The third-order valence-corrected chi connectivity index (χ3v) is 2.27. The van der Waals surface area contributed by atoms with Gasteiger partial charge in [0.1, 0.15) is 0 Å². The zero-order valence-corrected chi connectivity index (χ0v) is 7.71. The van der Waals surface area contributed by atoms with Crippen LogP contribution >= 0.6 is 0 Å². The molecule has 1 fully saturated rings. The van der Waals surface area contributed by atoms with Crippen molar-refractivity contribution in [2.24, 2.45) is 5.92 Å². The molecule has 0 spiro atoms. The number of hydrogen-bond acceptors (Lipinski definition) is 3. The molecular weight excluding hydrogens is 154 g/mol. The molecule has 0 saturated heterocycles. The Kier molecular flexibility index (Phi) is 3.50. The van der Waals surface area contributed by atoms with Gasteiger partial charge < -0.3 is 15.5 Å². The van der Waals surface area contributed by atoms with Gasteiger partial charge in [0.05, 0.1) is 12.2 Å². The van der Waals surface area contributed by atoms with Crippen LogP contribution in [0.1, 0.15) is 26.2 Å². The van der Waals surface area contributed by atoms with Crippen molar-refractivity contribution >= 4 is 0 Å². The van der Waals surface area contributed by atoms with Gasteiger partial charge >= 0.3 is 0 Å². The fraction of sp³-hybridized carbons (Fsp3) is 1.00. The van der Waals surface area contributed by atoms with Gasteiger partial charge in [0, 0.05) is 6.54 Å². The molecule has 0 aromatic rings. The van der Waals surface area contributed by atoms with E-state index in [4.69, 9.17) is 5.11 Å². The van der Waals surface area contributed by atoms with E-state index in [0.717, 1.165) is 12.5 Å². The van der Waals surface area contributed by atoms with Gasteiger partial charge in [0.15, 0.2) is 0 Å². The molecule has 1 saturated carbocycles. The highest BCUT2D eigenvalue weighted by atomic mass is 16.3. The van der Waals surface area contributed by atoms with E-state index >= 15 is 0 Å². The molecule has 1 aliphatic rings. The number of aliphatic hydroxyl groups is 2. The van der Waals surface area contributed by atoms with Crippen LogP contribution in [0.4, 0.5) is 0 Å². The van der Waals surface area contributed by atoms with Gasteiger partial charge in [0.2, 0.25) is 0 Å². The molecule has 0 aromatic carbocycles. The maximum atomic E-state index is 9.39. The summed E-state index contributed by atoms with van der Waals surface area (Å²) < 4.78 is 0. The lowest BCUT2D eigenvalue weighted by Gasteiger charge is -2.20. The third-order valence-electron chi connectivity index (χ3n) is 2.27. The van der Waals surface area contributed by atoms with Crippen molar-refractivity contribution in [3.05, 3.63) is 0 Å². The van der Waals surface area contributed by atoms with E-state index < -0.39 is 5.60 Å². The molecule has 1 aliphatic carbocycles. The lowest BCUT2D eigenvalue weighted by atomic mass is 10.1. The minimum Gasteiger partial charge on any atom is -0.393 e. The first-order chi connectivity index (χ1) is 5.64. The van der Waals surface area contributed by atoms with E-state index in [1.54, 1.807) is 6.92 Å². The molecule has 0 radical (unpaired) electrons. The van der Waals surface area contributed by atoms with E-state index in [1.165, 1.54) is 19.3 Å². The Bertz CT molecular complexity index is 132. The van der Waals surface area contributed by atoms with Gasteiger partial charge in [-0.2, -0.15) is 0 Å². The van der Waals surface area contributed by atoms with Crippen LogP contribution < -0.4 is 5.32 Å². The molecule has 72 valence electrons. The zero-order valence-electron chi connectivity index (χ0n) is 7.71.